The molecule has 8 heteroatoms. The highest BCUT2D eigenvalue weighted by Gasteiger charge is 2.29. The van der Waals surface area contributed by atoms with E-state index < -0.39 is 5.54 Å². The minimum atomic E-state index is -0.682. The fourth-order valence-corrected chi connectivity index (χ4v) is 3.14. The van der Waals surface area contributed by atoms with Gasteiger partial charge in [-0.15, -0.1) is 5.10 Å². The molecular formula is C13H25N5O2S. The van der Waals surface area contributed by atoms with Gasteiger partial charge in [0.05, 0.1) is 5.54 Å². The number of thioether (sulfide) groups is 1. The van der Waals surface area contributed by atoms with Crippen LogP contribution in [0.2, 0.25) is 0 Å². The van der Waals surface area contributed by atoms with E-state index in [-0.39, 0.29) is 17.6 Å². The second-order valence-electron chi connectivity index (χ2n) is 5.45. The fourth-order valence-electron chi connectivity index (χ4n) is 2.13. The Labute approximate surface area is 129 Å². The van der Waals surface area contributed by atoms with Gasteiger partial charge in [-0.3, -0.25) is 9.36 Å². The summed E-state index contributed by atoms with van der Waals surface area (Å²) >= 11 is 1.51. The number of nitrogens with two attached hydrogens (primary N) is 1. The number of carbonyl (C=O) groups is 1. The lowest BCUT2D eigenvalue weighted by Gasteiger charge is -2.26. The molecule has 1 heterocycles. The molecule has 0 saturated carbocycles. The first-order valence-electron chi connectivity index (χ1n) is 7.16. The topological polar surface area (TPSA) is 106 Å². The van der Waals surface area contributed by atoms with Crippen molar-refractivity contribution >= 4 is 17.7 Å². The van der Waals surface area contributed by atoms with Crippen molar-refractivity contribution in [2.75, 3.05) is 12.3 Å². The molecule has 7 nitrogen and oxygen atoms in total. The van der Waals surface area contributed by atoms with Crippen LogP contribution in [0.25, 0.3) is 0 Å². The van der Waals surface area contributed by atoms with Crippen LogP contribution in [0, 0.1) is 0 Å². The van der Waals surface area contributed by atoms with Crippen molar-refractivity contribution in [3.8, 4) is 0 Å². The molecule has 1 amide bonds. The molecule has 1 aromatic heterocycles. The number of hydrogen-bond acceptors (Lipinski definition) is 5. The molecule has 1 rings (SSSR count). The first kappa shape index (κ1) is 17.8. The summed E-state index contributed by atoms with van der Waals surface area (Å²) < 4.78 is 1.63. The molecule has 120 valence electrons. The van der Waals surface area contributed by atoms with Crippen LogP contribution in [0.1, 0.15) is 46.6 Å². The van der Waals surface area contributed by atoms with Crippen LogP contribution >= 0.6 is 11.8 Å². The van der Waals surface area contributed by atoms with Crippen LogP contribution in [0.4, 0.5) is 0 Å². The molecule has 0 aliphatic heterocycles. The number of nitrogens with one attached hydrogen (secondary N) is 2. The minimum absolute atomic E-state index is 0.0661. The van der Waals surface area contributed by atoms with Crippen LogP contribution in [0.3, 0.4) is 0 Å². The third kappa shape index (κ3) is 4.60. The number of hydrogen-bond donors (Lipinski definition) is 3. The smallest absolute Gasteiger partial charge is 0.344 e. The molecule has 21 heavy (non-hydrogen) atoms. The van der Waals surface area contributed by atoms with Crippen LogP contribution < -0.4 is 16.7 Å². The maximum Gasteiger partial charge on any atom is 0.344 e. The van der Waals surface area contributed by atoms with Gasteiger partial charge in [0.15, 0.2) is 5.16 Å². The highest BCUT2D eigenvalue weighted by atomic mass is 32.2. The Kier molecular flexibility index (Phi) is 6.47. The highest BCUT2D eigenvalue weighted by molar-refractivity contribution is 7.99. The molecule has 0 spiro atoms. The number of aromatic amines is 1. The van der Waals surface area contributed by atoms with Crippen molar-refractivity contribution < 1.29 is 4.79 Å². The number of primary amides is 1. The lowest BCUT2D eigenvalue weighted by atomic mass is 9.95. The maximum atomic E-state index is 11.6. The fraction of sp³-hybridized carbons (Fsp3) is 0.769. The second-order valence-corrected chi connectivity index (χ2v) is 6.52. The van der Waals surface area contributed by atoms with Gasteiger partial charge in [0.25, 0.3) is 0 Å². The Hall–Kier alpha value is -1.28. The van der Waals surface area contributed by atoms with Crippen molar-refractivity contribution in [2.24, 2.45) is 5.73 Å². The summed E-state index contributed by atoms with van der Waals surface area (Å²) in [6, 6.07) is 0.0661. The van der Waals surface area contributed by atoms with E-state index in [4.69, 9.17) is 5.73 Å². The van der Waals surface area contributed by atoms with Crippen LogP contribution in [-0.2, 0) is 4.79 Å². The average Bonchev–Trinajstić information content (AvgIpc) is 2.76. The lowest BCUT2D eigenvalue weighted by molar-refractivity contribution is -0.124. The van der Waals surface area contributed by atoms with Crippen molar-refractivity contribution in [2.45, 2.75) is 57.3 Å². The molecule has 4 N–H and O–H groups in total. The largest absolute Gasteiger partial charge is 0.368 e. The van der Waals surface area contributed by atoms with Gasteiger partial charge in [0, 0.05) is 11.8 Å². The van der Waals surface area contributed by atoms with Gasteiger partial charge < -0.3 is 11.1 Å². The Morgan fingerprint density at radius 1 is 1.57 bits per heavy atom. The van der Waals surface area contributed by atoms with Gasteiger partial charge in [-0.1, -0.05) is 18.7 Å². The summed E-state index contributed by atoms with van der Waals surface area (Å²) in [6.07, 6.45) is 1.45. The normalized spacial score (nSPS) is 14.3. The zero-order chi connectivity index (χ0) is 16.0. The van der Waals surface area contributed by atoms with E-state index in [0.717, 1.165) is 12.2 Å². The predicted octanol–water partition coefficient (Wildman–Crippen LogP) is 0.878. The van der Waals surface area contributed by atoms with Crippen molar-refractivity contribution in [3.05, 3.63) is 10.5 Å². The van der Waals surface area contributed by atoms with Crippen molar-refractivity contribution in [1.82, 2.24) is 20.1 Å². The number of nitrogens with zero attached hydrogens (tertiary/aromatic N) is 2. The van der Waals surface area contributed by atoms with E-state index in [1.165, 1.54) is 11.8 Å². The van der Waals surface area contributed by atoms with Gasteiger partial charge >= 0.3 is 5.69 Å². The van der Waals surface area contributed by atoms with Gasteiger partial charge in [-0.05, 0) is 40.2 Å². The lowest BCUT2D eigenvalue weighted by Crippen LogP contribution is -2.53. The average molecular weight is 315 g/mol. The molecule has 0 radical (unpaired) electrons. The zero-order valence-corrected chi connectivity index (χ0v) is 13.9. The third-order valence-corrected chi connectivity index (χ3v) is 4.39. The summed E-state index contributed by atoms with van der Waals surface area (Å²) in [6.45, 7) is 8.34. The van der Waals surface area contributed by atoms with Crippen LogP contribution in [0.5, 0.6) is 0 Å². The van der Waals surface area contributed by atoms with E-state index in [2.05, 4.69) is 15.5 Å². The summed E-state index contributed by atoms with van der Waals surface area (Å²) in [5.41, 5.74) is 4.57. The minimum Gasteiger partial charge on any atom is -0.368 e. The van der Waals surface area contributed by atoms with E-state index in [1.807, 2.05) is 27.7 Å². The number of H-pyrrole nitrogens is 1. The summed E-state index contributed by atoms with van der Waals surface area (Å²) in [5, 5.41) is 10.3. The van der Waals surface area contributed by atoms with Crippen LogP contribution in [-0.4, -0.2) is 38.5 Å². The number of likely N-dealkylation sites (N-methyl/N-ethyl adjacent to an activating group) is 1. The molecule has 1 unspecified atom stereocenters. The highest BCUT2D eigenvalue weighted by Crippen LogP contribution is 2.20. The standard InChI is InChI=1S/C13H25N5O2S/c1-5-15-13(4,10(14)19)7-6-8-21-12-17-16-11(20)18(12)9(2)3/h9,15H,5-8H2,1-4H3,(H2,14,19)(H,16,20). The van der Waals surface area contributed by atoms with Crippen molar-refractivity contribution in [1.29, 1.82) is 0 Å². The summed E-state index contributed by atoms with van der Waals surface area (Å²) in [5.74, 6) is 0.430. The number of amides is 1. The zero-order valence-electron chi connectivity index (χ0n) is 13.1. The third-order valence-electron chi connectivity index (χ3n) is 3.35. The summed E-state index contributed by atoms with van der Waals surface area (Å²) in [7, 11) is 0. The molecule has 0 aromatic carbocycles. The Morgan fingerprint density at radius 3 is 2.76 bits per heavy atom. The van der Waals surface area contributed by atoms with E-state index in [0.29, 0.717) is 18.1 Å². The Bertz CT molecular complexity index is 525. The number of aromatic nitrogens is 3. The van der Waals surface area contributed by atoms with Crippen molar-refractivity contribution in [3.63, 3.8) is 0 Å². The van der Waals surface area contributed by atoms with Gasteiger partial charge in [0.2, 0.25) is 5.91 Å². The second kappa shape index (κ2) is 7.65. The Morgan fingerprint density at radius 2 is 2.24 bits per heavy atom. The quantitative estimate of drug-likeness (QED) is 0.463. The molecule has 0 aliphatic rings. The molecular weight excluding hydrogens is 290 g/mol. The molecule has 0 fully saturated rings. The first-order valence-corrected chi connectivity index (χ1v) is 8.15. The van der Waals surface area contributed by atoms with E-state index >= 15 is 0 Å². The number of rotatable bonds is 9. The SMILES string of the molecule is CCNC(C)(CCCSc1n[nH]c(=O)n1C(C)C)C(N)=O. The molecule has 0 bridgehead atoms. The van der Waals surface area contributed by atoms with Gasteiger partial charge in [-0.25, -0.2) is 9.89 Å². The molecule has 1 aromatic rings. The molecule has 0 saturated heterocycles. The summed E-state index contributed by atoms with van der Waals surface area (Å²) in [4.78, 5) is 23.1. The molecule has 1 atom stereocenters. The van der Waals surface area contributed by atoms with Gasteiger partial charge in [-0.2, -0.15) is 0 Å². The maximum absolute atomic E-state index is 11.6. The van der Waals surface area contributed by atoms with Crippen LogP contribution in [0.15, 0.2) is 9.95 Å². The number of carbonyl (C=O) groups excluding carboxylic acids is 1. The molecule has 0 aliphatic carbocycles. The monoisotopic (exact) mass is 315 g/mol. The Balaban J connectivity index is 2.55. The van der Waals surface area contributed by atoms with Gasteiger partial charge in [0.1, 0.15) is 0 Å². The van der Waals surface area contributed by atoms with E-state index in [1.54, 1.807) is 4.57 Å². The van der Waals surface area contributed by atoms with E-state index in [9.17, 15) is 9.59 Å². The first-order chi connectivity index (χ1) is 9.81. The predicted molar refractivity (Wildman–Crippen MR) is 84.5 cm³/mol.